The number of aromatic nitrogens is 2. The van der Waals surface area contributed by atoms with E-state index in [1.807, 2.05) is 6.92 Å². The summed E-state index contributed by atoms with van der Waals surface area (Å²) < 4.78 is 6.81. The summed E-state index contributed by atoms with van der Waals surface area (Å²) in [6, 6.07) is 7.30. The lowest BCUT2D eigenvalue weighted by Gasteiger charge is -2.10. The molecule has 0 aliphatic heterocycles. The van der Waals surface area contributed by atoms with Crippen LogP contribution in [-0.4, -0.2) is 27.3 Å². The molecule has 0 saturated heterocycles. The van der Waals surface area contributed by atoms with E-state index in [-0.39, 0.29) is 11.4 Å². The smallest absolute Gasteiger partial charge is 0.274 e. The minimum atomic E-state index is -0.539. The lowest BCUT2D eigenvalue weighted by Crippen LogP contribution is -2.17. The van der Waals surface area contributed by atoms with E-state index in [2.05, 4.69) is 10.3 Å². The number of fused-ring (bicyclic) bond motifs is 1. The van der Waals surface area contributed by atoms with Crippen LogP contribution in [0.15, 0.2) is 36.5 Å². The van der Waals surface area contributed by atoms with Crippen LogP contribution in [0.2, 0.25) is 5.02 Å². The molecular weight excluding hydrogens is 360 g/mol. The van der Waals surface area contributed by atoms with Gasteiger partial charge in [-0.15, -0.1) is 0 Å². The first-order chi connectivity index (χ1) is 12.4. The van der Waals surface area contributed by atoms with Gasteiger partial charge in [0.15, 0.2) is 0 Å². The number of halogens is 1. The third-order valence-electron chi connectivity index (χ3n) is 3.85. The molecule has 0 atom stereocenters. The molecule has 3 rings (SSSR count). The summed E-state index contributed by atoms with van der Waals surface area (Å²) in [7, 11) is 1.42. The number of anilines is 1. The van der Waals surface area contributed by atoms with Crippen molar-refractivity contribution in [1.82, 2.24) is 9.38 Å². The topological polar surface area (TPSA) is 98.8 Å². The number of hydrogen-bond donors (Lipinski definition) is 1. The number of non-ortho nitro benzene ring substituents is 1. The standard InChI is InChI=1S/C17H15ClN4O4/c1-3-12-16(21-7-6-10(18)8-15(21)19-12)17(23)20-13-9-11(22(24)25)4-5-14(13)26-2/h4-9H,3H2,1-2H3,(H,20,23). The van der Waals surface area contributed by atoms with E-state index in [0.29, 0.717) is 34.2 Å². The second kappa shape index (κ2) is 7.01. The Hall–Kier alpha value is -3.13. The van der Waals surface area contributed by atoms with Crippen LogP contribution in [-0.2, 0) is 6.42 Å². The molecule has 1 amide bonds. The average molecular weight is 375 g/mol. The number of pyridine rings is 1. The summed E-state index contributed by atoms with van der Waals surface area (Å²) in [5.41, 5.74) is 1.53. The van der Waals surface area contributed by atoms with Crippen LogP contribution in [0.4, 0.5) is 11.4 Å². The highest BCUT2D eigenvalue weighted by Crippen LogP contribution is 2.29. The number of benzene rings is 1. The number of ether oxygens (including phenoxy) is 1. The number of nitrogens with zero attached hydrogens (tertiary/aromatic N) is 3. The van der Waals surface area contributed by atoms with Crippen LogP contribution >= 0.6 is 11.6 Å². The molecule has 0 bridgehead atoms. The predicted octanol–water partition coefficient (Wildman–Crippen LogP) is 3.72. The number of nitro benzene ring substituents is 1. The molecule has 2 aromatic heterocycles. The third kappa shape index (κ3) is 3.18. The maximum absolute atomic E-state index is 12.9. The first kappa shape index (κ1) is 17.7. The van der Waals surface area contributed by atoms with E-state index in [1.165, 1.54) is 25.3 Å². The number of nitro groups is 1. The van der Waals surface area contributed by atoms with Gasteiger partial charge in [0.05, 0.1) is 23.4 Å². The van der Waals surface area contributed by atoms with Crippen LogP contribution in [0, 0.1) is 10.1 Å². The number of carbonyl (C=O) groups is 1. The van der Waals surface area contributed by atoms with Gasteiger partial charge in [0.1, 0.15) is 17.1 Å². The number of hydrogen-bond acceptors (Lipinski definition) is 5. The van der Waals surface area contributed by atoms with Crippen molar-refractivity contribution in [2.75, 3.05) is 12.4 Å². The summed E-state index contributed by atoms with van der Waals surface area (Å²) in [6.45, 7) is 1.88. The summed E-state index contributed by atoms with van der Waals surface area (Å²) >= 11 is 5.99. The van der Waals surface area contributed by atoms with Gasteiger partial charge in [0.25, 0.3) is 11.6 Å². The van der Waals surface area contributed by atoms with Gasteiger partial charge >= 0.3 is 0 Å². The maximum atomic E-state index is 12.9. The molecule has 0 radical (unpaired) electrons. The number of methoxy groups -OCH3 is 1. The Morgan fingerprint density at radius 3 is 2.81 bits per heavy atom. The molecule has 3 aromatic rings. The fourth-order valence-corrected chi connectivity index (χ4v) is 2.80. The zero-order chi connectivity index (χ0) is 18.8. The van der Waals surface area contributed by atoms with Crippen molar-refractivity contribution in [2.24, 2.45) is 0 Å². The predicted molar refractivity (Wildman–Crippen MR) is 97.2 cm³/mol. The van der Waals surface area contributed by atoms with Gasteiger partial charge in [-0.1, -0.05) is 18.5 Å². The Morgan fingerprint density at radius 2 is 2.15 bits per heavy atom. The monoisotopic (exact) mass is 374 g/mol. The zero-order valence-electron chi connectivity index (χ0n) is 14.0. The van der Waals surface area contributed by atoms with Crippen LogP contribution in [0.1, 0.15) is 23.1 Å². The van der Waals surface area contributed by atoms with Crippen molar-refractivity contribution in [2.45, 2.75) is 13.3 Å². The fraction of sp³-hybridized carbons (Fsp3) is 0.176. The Morgan fingerprint density at radius 1 is 1.38 bits per heavy atom. The molecule has 9 heteroatoms. The van der Waals surface area contributed by atoms with Crippen LogP contribution in [0.3, 0.4) is 0 Å². The average Bonchev–Trinajstić information content (AvgIpc) is 2.99. The van der Waals surface area contributed by atoms with Crippen LogP contribution in [0.5, 0.6) is 5.75 Å². The minimum Gasteiger partial charge on any atom is -0.495 e. The molecule has 0 aliphatic rings. The highest BCUT2D eigenvalue weighted by Gasteiger charge is 2.21. The molecule has 8 nitrogen and oxygen atoms in total. The molecule has 0 spiro atoms. The Balaban J connectivity index is 2.05. The number of rotatable bonds is 5. The number of carbonyl (C=O) groups excluding carboxylic acids is 1. The van der Waals surface area contributed by atoms with Gasteiger partial charge in [-0.05, 0) is 18.6 Å². The van der Waals surface area contributed by atoms with E-state index in [0.717, 1.165) is 0 Å². The lowest BCUT2D eigenvalue weighted by molar-refractivity contribution is -0.384. The number of aryl methyl sites for hydroxylation is 1. The first-order valence-corrected chi connectivity index (χ1v) is 8.12. The van der Waals surface area contributed by atoms with Gasteiger partial charge in [-0.25, -0.2) is 4.98 Å². The van der Waals surface area contributed by atoms with Crippen LogP contribution in [0.25, 0.3) is 5.65 Å². The number of nitrogens with one attached hydrogen (secondary N) is 1. The van der Waals surface area contributed by atoms with Gasteiger partial charge in [0, 0.05) is 29.4 Å². The van der Waals surface area contributed by atoms with Crippen molar-refractivity contribution in [3.05, 3.63) is 63.1 Å². The van der Waals surface area contributed by atoms with E-state index < -0.39 is 10.8 Å². The third-order valence-corrected chi connectivity index (χ3v) is 4.09. The molecule has 0 unspecified atom stereocenters. The highest BCUT2D eigenvalue weighted by atomic mass is 35.5. The number of amides is 1. The van der Waals surface area contributed by atoms with Gasteiger partial charge < -0.3 is 10.1 Å². The highest BCUT2D eigenvalue weighted by molar-refractivity contribution is 6.30. The normalized spacial score (nSPS) is 10.7. The first-order valence-electron chi connectivity index (χ1n) is 7.74. The Labute approximate surface area is 153 Å². The van der Waals surface area contributed by atoms with E-state index in [9.17, 15) is 14.9 Å². The largest absolute Gasteiger partial charge is 0.495 e. The molecule has 1 N–H and O–H groups in total. The molecule has 0 aliphatic carbocycles. The van der Waals surface area contributed by atoms with Crippen molar-refractivity contribution < 1.29 is 14.5 Å². The maximum Gasteiger partial charge on any atom is 0.274 e. The second-order valence-corrected chi connectivity index (χ2v) is 5.87. The van der Waals surface area contributed by atoms with E-state index >= 15 is 0 Å². The van der Waals surface area contributed by atoms with Crippen LogP contribution < -0.4 is 10.1 Å². The lowest BCUT2D eigenvalue weighted by atomic mass is 10.2. The quantitative estimate of drug-likeness (QED) is 0.542. The van der Waals surface area contributed by atoms with Gasteiger partial charge in [-0.2, -0.15) is 0 Å². The van der Waals surface area contributed by atoms with Crippen molar-refractivity contribution in [3.8, 4) is 5.75 Å². The summed E-state index contributed by atoms with van der Waals surface area (Å²) in [6.07, 6.45) is 2.19. The minimum absolute atomic E-state index is 0.151. The summed E-state index contributed by atoms with van der Waals surface area (Å²) in [5, 5.41) is 14.2. The molecule has 0 saturated carbocycles. The summed E-state index contributed by atoms with van der Waals surface area (Å²) in [5.74, 6) is -0.130. The molecule has 2 heterocycles. The number of imidazole rings is 1. The fourth-order valence-electron chi connectivity index (χ4n) is 2.64. The van der Waals surface area contributed by atoms with Gasteiger partial charge in [0.2, 0.25) is 0 Å². The Kier molecular flexibility index (Phi) is 4.77. The molecule has 134 valence electrons. The van der Waals surface area contributed by atoms with Gasteiger partial charge in [-0.3, -0.25) is 19.3 Å². The SMILES string of the molecule is CCc1nc2cc(Cl)ccn2c1C(=O)Nc1cc([N+](=O)[O-])ccc1OC. The summed E-state index contributed by atoms with van der Waals surface area (Å²) in [4.78, 5) is 27.8. The molecular formula is C17H15ClN4O4. The van der Waals surface area contributed by atoms with Crippen molar-refractivity contribution >= 4 is 34.5 Å². The zero-order valence-corrected chi connectivity index (χ0v) is 14.8. The molecule has 0 fully saturated rings. The Bertz CT molecular complexity index is 1020. The van der Waals surface area contributed by atoms with E-state index in [4.69, 9.17) is 16.3 Å². The molecule has 26 heavy (non-hydrogen) atoms. The second-order valence-electron chi connectivity index (χ2n) is 5.43. The van der Waals surface area contributed by atoms with Crippen molar-refractivity contribution in [3.63, 3.8) is 0 Å². The van der Waals surface area contributed by atoms with Crippen molar-refractivity contribution in [1.29, 1.82) is 0 Å². The van der Waals surface area contributed by atoms with E-state index in [1.54, 1.807) is 22.7 Å². The molecule has 1 aromatic carbocycles.